The van der Waals surface area contributed by atoms with E-state index in [1.807, 2.05) is 0 Å². The van der Waals surface area contributed by atoms with Crippen LogP contribution >= 0.6 is 0 Å². The van der Waals surface area contributed by atoms with Crippen molar-refractivity contribution in [3.05, 3.63) is 0 Å². The molecular formula is C8H16N2O3S. The molecule has 1 rings (SSSR count). The van der Waals surface area contributed by atoms with E-state index in [9.17, 15) is 13.2 Å². The van der Waals surface area contributed by atoms with Gasteiger partial charge in [0.25, 0.3) is 0 Å². The average Bonchev–Trinajstić information content (AvgIpc) is 2.45. The predicted octanol–water partition coefficient (Wildman–Crippen LogP) is -1.02. The monoisotopic (exact) mass is 220 g/mol. The van der Waals surface area contributed by atoms with Gasteiger partial charge in [-0.1, -0.05) is 0 Å². The van der Waals surface area contributed by atoms with Crippen LogP contribution in [-0.2, 0) is 14.6 Å². The minimum absolute atomic E-state index is 0.0744. The van der Waals surface area contributed by atoms with Crippen molar-refractivity contribution in [2.24, 2.45) is 5.73 Å². The summed E-state index contributed by atoms with van der Waals surface area (Å²) in [4.78, 5) is 12.9. The van der Waals surface area contributed by atoms with Crippen molar-refractivity contribution in [1.29, 1.82) is 0 Å². The SMILES string of the molecule is CN(C(=O)CCN)C1CCS(=O)(=O)C1. The molecule has 1 unspecified atom stereocenters. The highest BCUT2D eigenvalue weighted by Crippen LogP contribution is 2.16. The summed E-state index contributed by atoms with van der Waals surface area (Å²) in [6.07, 6.45) is 0.836. The predicted molar refractivity (Wildman–Crippen MR) is 53.5 cm³/mol. The maximum Gasteiger partial charge on any atom is 0.223 e. The number of carbonyl (C=O) groups excluding carboxylic acids is 1. The number of hydrogen-bond acceptors (Lipinski definition) is 4. The minimum Gasteiger partial charge on any atom is -0.342 e. The molecule has 1 aliphatic rings. The van der Waals surface area contributed by atoms with E-state index in [1.165, 1.54) is 4.90 Å². The van der Waals surface area contributed by atoms with Gasteiger partial charge in [0, 0.05) is 26.1 Å². The van der Waals surface area contributed by atoms with Gasteiger partial charge in [0.05, 0.1) is 11.5 Å². The lowest BCUT2D eigenvalue weighted by Crippen LogP contribution is -2.38. The molecule has 2 N–H and O–H groups in total. The zero-order valence-corrected chi connectivity index (χ0v) is 9.09. The Hall–Kier alpha value is -0.620. The third kappa shape index (κ3) is 2.68. The van der Waals surface area contributed by atoms with Crippen LogP contribution < -0.4 is 5.73 Å². The average molecular weight is 220 g/mol. The summed E-state index contributed by atoms with van der Waals surface area (Å²) in [6.45, 7) is 0.308. The van der Waals surface area contributed by atoms with E-state index in [1.54, 1.807) is 7.05 Å². The summed E-state index contributed by atoms with van der Waals surface area (Å²) in [6, 6.07) is -0.154. The molecular weight excluding hydrogens is 204 g/mol. The number of amides is 1. The van der Waals surface area contributed by atoms with Crippen molar-refractivity contribution in [1.82, 2.24) is 4.90 Å². The van der Waals surface area contributed by atoms with Gasteiger partial charge in [-0.25, -0.2) is 8.42 Å². The molecule has 0 aromatic heterocycles. The van der Waals surface area contributed by atoms with E-state index in [-0.39, 0.29) is 29.9 Å². The Kier molecular flexibility index (Phi) is 3.49. The number of carbonyl (C=O) groups is 1. The molecule has 0 aromatic carbocycles. The first kappa shape index (κ1) is 11.5. The Balaban J connectivity index is 2.55. The third-order valence-corrected chi connectivity index (χ3v) is 4.26. The van der Waals surface area contributed by atoms with Crippen molar-refractivity contribution in [2.75, 3.05) is 25.1 Å². The Bertz CT molecular complexity index is 313. The highest BCUT2D eigenvalue weighted by atomic mass is 32.2. The zero-order chi connectivity index (χ0) is 10.8. The van der Waals surface area contributed by atoms with E-state index < -0.39 is 9.84 Å². The quantitative estimate of drug-likeness (QED) is 0.660. The van der Waals surface area contributed by atoms with E-state index in [2.05, 4.69) is 0 Å². The van der Waals surface area contributed by atoms with Crippen molar-refractivity contribution >= 4 is 15.7 Å². The lowest BCUT2D eigenvalue weighted by atomic mass is 10.2. The van der Waals surface area contributed by atoms with E-state index in [0.717, 1.165) is 0 Å². The van der Waals surface area contributed by atoms with Crippen LogP contribution in [0.2, 0.25) is 0 Å². The van der Waals surface area contributed by atoms with Gasteiger partial charge in [0.1, 0.15) is 0 Å². The normalized spacial score (nSPS) is 24.9. The molecule has 1 fully saturated rings. The van der Waals surface area contributed by atoms with Crippen molar-refractivity contribution < 1.29 is 13.2 Å². The van der Waals surface area contributed by atoms with E-state index in [0.29, 0.717) is 13.0 Å². The van der Waals surface area contributed by atoms with Crippen LogP contribution in [0.1, 0.15) is 12.8 Å². The molecule has 0 bridgehead atoms. The minimum atomic E-state index is -2.91. The first-order valence-corrected chi connectivity index (χ1v) is 6.44. The topological polar surface area (TPSA) is 80.5 Å². The summed E-state index contributed by atoms with van der Waals surface area (Å²) in [5, 5.41) is 0. The maximum atomic E-state index is 11.4. The zero-order valence-electron chi connectivity index (χ0n) is 8.27. The molecule has 0 saturated carbocycles. The smallest absolute Gasteiger partial charge is 0.223 e. The van der Waals surface area contributed by atoms with Crippen LogP contribution in [-0.4, -0.2) is 50.4 Å². The van der Waals surface area contributed by atoms with E-state index >= 15 is 0 Å². The number of nitrogens with two attached hydrogens (primary N) is 1. The van der Waals surface area contributed by atoms with Gasteiger partial charge in [0.2, 0.25) is 5.91 Å². The summed E-state index contributed by atoms with van der Waals surface area (Å²) < 4.78 is 22.3. The molecule has 0 radical (unpaired) electrons. The van der Waals surface area contributed by atoms with Gasteiger partial charge < -0.3 is 10.6 Å². The highest BCUT2D eigenvalue weighted by molar-refractivity contribution is 7.91. The second kappa shape index (κ2) is 4.27. The first-order chi connectivity index (χ1) is 6.46. The molecule has 6 heteroatoms. The van der Waals surface area contributed by atoms with Gasteiger partial charge in [0.15, 0.2) is 9.84 Å². The van der Waals surface area contributed by atoms with Gasteiger partial charge in [-0.2, -0.15) is 0 Å². The Morgan fingerprint density at radius 3 is 2.64 bits per heavy atom. The standard InChI is InChI=1S/C8H16N2O3S/c1-10(8(11)2-4-9)7-3-5-14(12,13)6-7/h7H,2-6,9H2,1H3. The van der Waals surface area contributed by atoms with Crippen LogP contribution in [0.4, 0.5) is 0 Å². The molecule has 0 spiro atoms. The summed E-state index contributed by atoms with van der Waals surface area (Å²) in [7, 11) is -1.27. The third-order valence-electron chi connectivity index (χ3n) is 2.51. The fourth-order valence-corrected chi connectivity index (χ4v) is 3.36. The molecule has 0 aliphatic carbocycles. The lowest BCUT2D eigenvalue weighted by Gasteiger charge is -2.23. The summed E-state index contributed by atoms with van der Waals surface area (Å²) in [5.41, 5.74) is 5.25. The number of sulfone groups is 1. The molecule has 1 amide bonds. The van der Waals surface area contributed by atoms with Gasteiger partial charge in [-0.15, -0.1) is 0 Å². The Morgan fingerprint density at radius 2 is 2.21 bits per heavy atom. The Morgan fingerprint density at radius 1 is 1.57 bits per heavy atom. The van der Waals surface area contributed by atoms with Crippen molar-refractivity contribution in [3.63, 3.8) is 0 Å². The fourth-order valence-electron chi connectivity index (χ4n) is 1.58. The summed E-state index contributed by atoms with van der Waals surface area (Å²) >= 11 is 0. The molecule has 0 aromatic rings. The first-order valence-electron chi connectivity index (χ1n) is 4.62. The van der Waals surface area contributed by atoms with Crippen LogP contribution in [0.5, 0.6) is 0 Å². The maximum absolute atomic E-state index is 11.4. The number of rotatable bonds is 3. The van der Waals surface area contributed by atoms with Crippen molar-refractivity contribution in [3.8, 4) is 0 Å². The molecule has 5 nitrogen and oxygen atoms in total. The fraction of sp³-hybridized carbons (Fsp3) is 0.875. The van der Waals surface area contributed by atoms with Crippen LogP contribution in [0.15, 0.2) is 0 Å². The van der Waals surface area contributed by atoms with Crippen LogP contribution in [0, 0.1) is 0 Å². The van der Waals surface area contributed by atoms with E-state index in [4.69, 9.17) is 5.73 Å². The molecule has 1 heterocycles. The second-order valence-corrected chi connectivity index (χ2v) is 5.83. The van der Waals surface area contributed by atoms with Gasteiger partial charge >= 0.3 is 0 Å². The van der Waals surface area contributed by atoms with Crippen molar-refractivity contribution in [2.45, 2.75) is 18.9 Å². The molecule has 14 heavy (non-hydrogen) atoms. The summed E-state index contributed by atoms with van der Waals surface area (Å²) in [5.74, 6) is 0.215. The molecule has 1 aliphatic heterocycles. The largest absolute Gasteiger partial charge is 0.342 e. The van der Waals surface area contributed by atoms with Crippen LogP contribution in [0.3, 0.4) is 0 Å². The number of hydrogen-bond donors (Lipinski definition) is 1. The molecule has 1 atom stereocenters. The Labute approximate surface area is 84.2 Å². The lowest BCUT2D eigenvalue weighted by molar-refractivity contribution is -0.131. The van der Waals surface area contributed by atoms with Gasteiger partial charge in [-0.05, 0) is 6.42 Å². The second-order valence-electron chi connectivity index (χ2n) is 3.60. The molecule has 1 saturated heterocycles. The highest BCUT2D eigenvalue weighted by Gasteiger charge is 2.32. The van der Waals surface area contributed by atoms with Crippen LogP contribution in [0.25, 0.3) is 0 Å². The molecule has 82 valence electrons. The number of nitrogens with zero attached hydrogens (tertiary/aromatic N) is 1. The van der Waals surface area contributed by atoms with Gasteiger partial charge in [-0.3, -0.25) is 4.79 Å².